The fourth-order valence-corrected chi connectivity index (χ4v) is 3.12. The number of aryl methyl sites for hydroxylation is 1. The van der Waals surface area contributed by atoms with Gasteiger partial charge in [0, 0.05) is 19.8 Å². The molecule has 2 rings (SSSR count). The second-order valence-corrected chi connectivity index (χ2v) is 5.96. The lowest BCUT2D eigenvalue weighted by atomic mass is 9.92. The Morgan fingerprint density at radius 3 is 2.95 bits per heavy atom. The molecule has 4 nitrogen and oxygen atoms in total. The van der Waals surface area contributed by atoms with E-state index in [0.717, 1.165) is 36.5 Å². The van der Waals surface area contributed by atoms with Gasteiger partial charge in [-0.05, 0) is 49.1 Å². The Balaban J connectivity index is 1.69. The molecular formula is C14H21NO3S. The first-order valence-corrected chi connectivity index (χ1v) is 7.64. The Labute approximate surface area is 117 Å². The summed E-state index contributed by atoms with van der Waals surface area (Å²) in [5.41, 5.74) is 1.11. The highest BCUT2D eigenvalue weighted by Crippen LogP contribution is 2.20. The molecule has 0 spiro atoms. The van der Waals surface area contributed by atoms with E-state index < -0.39 is 0 Å². The fraction of sp³-hybridized carbons (Fsp3) is 0.643. The Morgan fingerprint density at radius 1 is 1.58 bits per heavy atom. The minimum atomic E-state index is -0.339. The summed E-state index contributed by atoms with van der Waals surface area (Å²) >= 11 is 1.45. The predicted octanol–water partition coefficient (Wildman–Crippen LogP) is 1.96. The van der Waals surface area contributed by atoms with E-state index in [4.69, 9.17) is 4.74 Å². The van der Waals surface area contributed by atoms with Gasteiger partial charge in [0.2, 0.25) is 0 Å². The van der Waals surface area contributed by atoms with Crippen molar-refractivity contribution in [3.63, 3.8) is 0 Å². The number of thiophene rings is 1. The van der Waals surface area contributed by atoms with Crippen molar-refractivity contribution < 1.29 is 14.6 Å². The summed E-state index contributed by atoms with van der Waals surface area (Å²) in [5.74, 6) is 0.270. The Morgan fingerprint density at radius 2 is 2.32 bits per heavy atom. The average molecular weight is 283 g/mol. The number of nitrogens with one attached hydrogen (secondary N) is 1. The molecule has 1 aliphatic heterocycles. The van der Waals surface area contributed by atoms with Crippen LogP contribution in [0.25, 0.3) is 0 Å². The van der Waals surface area contributed by atoms with Crippen LogP contribution in [-0.4, -0.2) is 36.9 Å². The molecule has 5 heteroatoms. The molecule has 1 aliphatic rings. The lowest BCUT2D eigenvalue weighted by Gasteiger charge is -2.26. The third kappa shape index (κ3) is 4.30. The zero-order valence-electron chi connectivity index (χ0n) is 11.2. The highest BCUT2D eigenvalue weighted by molar-refractivity contribution is 7.12. The molecular weight excluding hydrogens is 262 g/mol. The average Bonchev–Trinajstić information content (AvgIpc) is 2.86. The highest BCUT2D eigenvalue weighted by Gasteiger charge is 2.21. The molecule has 1 fully saturated rings. The zero-order valence-corrected chi connectivity index (χ0v) is 12.0. The molecule has 1 aromatic rings. The second kappa shape index (κ2) is 7.03. The number of carbonyl (C=O) groups is 1. The molecule has 1 atom stereocenters. The van der Waals surface area contributed by atoms with E-state index >= 15 is 0 Å². The van der Waals surface area contributed by atoms with Crippen LogP contribution in [0.2, 0.25) is 0 Å². The first-order chi connectivity index (χ1) is 9.16. The van der Waals surface area contributed by atoms with Crippen LogP contribution < -0.4 is 5.32 Å². The van der Waals surface area contributed by atoms with Crippen LogP contribution in [0, 0.1) is 12.8 Å². The van der Waals surface area contributed by atoms with Gasteiger partial charge in [0.1, 0.15) is 0 Å². The molecule has 1 aromatic heterocycles. The Kier molecular flexibility index (Phi) is 5.36. The summed E-state index contributed by atoms with van der Waals surface area (Å²) in [6, 6.07) is 1.88. The van der Waals surface area contributed by atoms with Crippen molar-refractivity contribution in [3.8, 4) is 0 Å². The molecule has 0 aliphatic carbocycles. The predicted molar refractivity (Wildman–Crippen MR) is 75.6 cm³/mol. The van der Waals surface area contributed by atoms with Crippen LogP contribution in [0.3, 0.4) is 0 Å². The first kappa shape index (κ1) is 14.5. The van der Waals surface area contributed by atoms with Crippen LogP contribution in [0.1, 0.15) is 34.5 Å². The number of rotatable bonds is 5. The standard InChI is InChI=1S/C14H21NO3S/c1-10-8-13(19-9-10)14(17)15-5-2-12(16)11-3-6-18-7-4-11/h8-9,11-12,16H,2-7H2,1H3,(H,15,17)/t12-/m1/s1. The lowest BCUT2D eigenvalue weighted by molar-refractivity contribution is 0.00528. The molecule has 0 saturated carbocycles. The fourth-order valence-electron chi connectivity index (χ4n) is 2.31. The molecule has 2 heterocycles. The zero-order chi connectivity index (χ0) is 13.7. The van der Waals surface area contributed by atoms with Gasteiger partial charge in [0.25, 0.3) is 5.91 Å². The van der Waals surface area contributed by atoms with E-state index in [1.165, 1.54) is 11.3 Å². The van der Waals surface area contributed by atoms with Crippen LogP contribution in [0.15, 0.2) is 11.4 Å². The summed E-state index contributed by atoms with van der Waals surface area (Å²) < 4.78 is 5.27. The van der Waals surface area contributed by atoms with Gasteiger partial charge >= 0.3 is 0 Å². The summed E-state index contributed by atoms with van der Waals surface area (Å²) in [4.78, 5) is 12.5. The topological polar surface area (TPSA) is 58.6 Å². The van der Waals surface area contributed by atoms with E-state index in [9.17, 15) is 9.90 Å². The first-order valence-electron chi connectivity index (χ1n) is 6.76. The van der Waals surface area contributed by atoms with Crippen LogP contribution in [-0.2, 0) is 4.74 Å². The smallest absolute Gasteiger partial charge is 0.261 e. The normalized spacial score (nSPS) is 18.2. The van der Waals surface area contributed by atoms with Crippen molar-refractivity contribution in [1.82, 2.24) is 5.32 Å². The largest absolute Gasteiger partial charge is 0.393 e. The number of aliphatic hydroxyl groups excluding tert-OH is 1. The third-order valence-corrected chi connectivity index (χ3v) is 4.54. The number of hydrogen-bond acceptors (Lipinski definition) is 4. The molecule has 1 amide bonds. The van der Waals surface area contributed by atoms with Crippen LogP contribution in [0.4, 0.5) is 0 Å². The minimum absolute atomic E-state index is 0.0442. The number of aliphatic hydroxyl groups is 1. The van der Waals surface area contributed by atoms with Crippen molar-refractivity contribution in [3.05, 3.63) is 21.9 Å². The molecule has 106 valence electrons. The van der Waals surface area contributed by atoms with Crippen molar-refractivity contribution in [2.75, 3.05) is 19.8 Å². The quantitative estimate of drug-likeness (QED) is 0.868. The van der Waals surface area contributed by atoms with Crippen LogP contribution >= 0.6 is 11.3 Å². The lowest BCUT2D eigenvalue weighted by Crippen LogP contribution is -2.32. The van der Waals surface area contributed by atoms with Gasteiger partial charge < -0.3 is 15.2 Å². The summed E-state index contributed by atoms with van der Waals surface area (Å²) in [6.07, 6.45) is 2.11. The Hall–Kier alpha value is -0.910. The van der Waals surface area contributed by atoms with Crippen molar-refractivity contribution in [1.29, 1.82) is 0 Å². The van der Waals surface area contributed by atoms with Gasteiger partial charge in [0.15, 0.2) is 0 Å². The van der Waals surface area contributed by atoms with Crippen molar-refractivity contribution in [2.45, 2.75) is 32.3 Å². The SMILES string of the molecule is Cc1csc(C(=O)NCC[C@@H](O)C2CCOCC2)c1. The van der Waals surface area contributed by atoms with Gasteiger partial charge in [-0.2, -0.15) is 0 Å². The maximum atomic E-state index is 11.8. The minimum Gasteiger partial charge on any atom is -0.393 e. The second-order valence-electron chi connectivity index (χ2n) is 5.05. The highest BCUT2D eigenvalue weighted by atomic mass is 32.1. The van der Waals surface area contributed by atoms with Gasteiger partial charge in [0.05, 0.1) is 11.0 Å². The van der Waals surface area contributed by atoms with Crippen molar-refractivity contribution in [2.24, 2.45) is 5.92 Å². The summed E-state index contributed by atoms with van der Waals surface area (Å²) in [5, 5.41) is 14.9. The van der Waals surface area contributed by atoms with E-state index in [2.05, 4.69) is 5.32 Å². The van der Waals surface area contributed by atoms with Gasteiger partial charge in [-0.1, -0.05) is 0 Å². The van der Waals surface area contributed by atoms with E-state index in [-0.39, 0.29) is 12.0 Å². The van der Waals surface area contributed by atoms with E-state index in [0.29, 0.717) is 18.9 Å². The van der Waals surface area contributed by atoms with E-state index in [1.807, 2.05) is 18.4 Å². The number of carbonyl (C=O) groups excluding carboxylic acids is 1. The number of amides is 1. The van der Waals surface area contributed by atoms with E-state index in [1.54, 1.807) is 0 Å². The van der Waals surface area contributed by atoms with Gasteiger partial charge in [-0.3, -0.25) is 4.79 Å². The molecule has 0 aromatic carbocycles. The maximum Gasteiger partial charge on any atom is 0.261 e. The third-order valence-electron chi connectivity index (χ3n) is 3.49. The monoisotopic (exact) mass is 283 g/mol. The molecule has 2 N–H and O–H groups in total. The summed E-state index contributed by atoms with van der Waals surface area (Å²) in [6.45, 7) is 3.97. The molecule has 0 unspecified atom stereocenters. The maximum absolute atomic E-state index is 11.8. The molecule has 19 heavy (non-hydrogen) atoms. The van der Waals surface area contributed by atoms with Gasteiger partial charge in [-0.15, -0.1) is 11.3 Å². The van der Waals surface area contributed by atoms with Gasteiger partial charge in [-0.25, -0.2) is 0 Å². The molecule has 1 saturated heterocycles. The molecule has 0 bridgehead atoms. The number of ether oxygens (including phenoxy) is 1. The Bertz CT molecular complexity index is 413. The summed E-state index contributed by atoms with van der Waals surface area (Å²) in [7, 11) is 0. The van der Waals surface area contributed by atoms with Crippen LogP contribution in [0.5, 0.6) is 0 Å². The number of hydrogen-bond donors (Lipinski definition) is 2. The molecule has 0 radical (unpaired) electrons. The van der Waals surface area contributed by atoms with Crippen molar-refractivity contribution >= 4 is 17.2 Å².